The third kappa shape index (κ3) is 4.67. The van der Waals surface area contributed by atoms with E-state index in [9.17, 15) is 9.59 Å². The van der Waals surface area contributed by atoms with Gasteiger partial charge in [-0.3, -0.25) is 0 Å². The van der Waals surface area contributed by atoms with Gasteiger partial charge in [0.15, 0.2) is 0 Å². The number of aromatic nitrogens is 2. The molecule has 148 valence electrons. The maximum atomic E-state index is 11.8. The normalized spacial score (nSPS) is 13.8. The predicted octanol–water partition coefficient (Wildman–Crippen LogP) is 2.29. The quantitative estimate of drug-likeness (QED) is 0.783. The summed E-state index contributed by atoms with van der Waals surface area (Å²) < 4.78 is 9.78. The van der Waals surface area contributed by atoms with E-state index in [0.29, 0.717) is 50.1 Å². The zero-order valence-electron chi connectivity index (χ0n) is 15.9. The second-order valence-corrected chi connectivity index (χ2v) is 6.11. The van der Waals surface area contributed by atoms with Crippen LogP contribution in [-0.4, -0.2) is 66.8 Å². The van der Waals surface area contributed by atoms with Crippen molar-refractivity contribution in [1.29, 1.82) is 0 Å². The van der Waals surface area contributed by atoms with Gasteiger partial charge >= 0.3 is 12.1 Å². The average molecular weight is 385 g/mol. The molecule has 1 aliphatic heterocycles. The third-order valence-electron chi connectivity index (χ3n) is 4.29. The maximum Gasteiger partial charge on any atom is 0.409 e. The van der Waals surface area contributed by atoms with Crippen LogP contribution < -0.4 is 10.2 Å². The fourth-order valence-corrected chi connectivity index (χ4v) is 2.86. The molecule has 0 unspecified atom stereocenters. The number of amides is 1. The fourth-order valence-electron chi connectivity index (χ4n) is 2.86. The number of hydrogen-bond donors (Lipinski definition) is 1. The molecule has 28 heavy (non-hydrogen) atoms. The number of ether oxygens (including phenoxy) is 2. The molecule has 0 atom stereocenters. The number of methoxy groups -OCH3 is 1. The Hall–Kier alpha value is -3.36. The minimum Gasteiger partial charge on any atom is -0.465 e. The summed E-state index contributed by atoms with van der Waals surface area (Å²) in [5.74, 6) is 0.795. The zero-order valence-corrected chi connectivity index (χ0v) is 15.9. The molecule has 0 spiro atoms. The van der Waals surface area contributed by atoms with Crippen molar-refractivity contribution >= 4 is 29.5 Å². The van der Waals surface area contributed by atoms with Crippen LogP contribution in [0.5, 0.6) is 0 Å². The molecule has 1 aromatic heterocycles. The lowest BCUT2D eigenvalue weighted by Crippen LogP contribution is -2.49. The molecule has 2 heterocycles. The van der Waals surface area contributed by atoms with Gasteiger partial charge in [0.1, 0.15) is 5.82 Å². The number of carbonyl (C=O) groups excluding carboxylic acids is 2. The molecular formula is C19H23N5O4. The molecule has 1 aliphatic rings. The van der Waals surface area contributed by atoms with E-state index >= 15 is 0 Å². The fraction of sp³-hybridized carbons (Fsp3) is 0.368. The van der Waals surface area contributed by atoms with Crippen LogP contribution in [0.2, 0.25) is 0 Å². The summed E-state index contributed by atoms with van der Waals surface area (Å²) in [5.41, 5.74) is 1.18. The van der Waals surface area contributed by atoms with Crippen molar-refractivity contribution in [2.75, 3.05) is 50.1 Å². The molecule has 9 nitrogen and oxygen atoms in total. The van der Waals surface area contributed by atoms with Crippen LogP contribution >= 0.6 is 0 Å². The van der Waals surface area contributed by atoms with Gasteiger partial charge in [-0.2, -0.15) is 4.98 Å². The van der Waals surface area contributed by atoms with Gasteiger partial charge in [-0.25, -0.2) is 14.6 Å². The van der Waals surface area contributed by atoms with E-state index in [2.05, 4.69) is 15.3 Å². The van der Waals surface area contributed by atoms with E-state index < -0.39 is 5.97 Å². The summed E-state index contributed by atoms with van der Waals surface area (Å²) in [6.45, 7) is 4.52. The molecule has 1 aromatic carbocycles. The van der Waals surface area contributed by atoms with Crippen molar-refractivity contribution in [3.63, 3.8) is 0 Å². The van der Waals surface area contributed by atoms with Crippen LogP contribution in [0.1, 0.15) is 17.3 Å². The maximum absolute atomic E-state index is 11.8. The van der Waals surface area contributed by atoms with Crippen LogP contribution in [0.3, 0.4) is 0 Å². The number of anilines is 3. The number of rotatable bonds is 5. The van der Waals surface area contributed by atoms with Gasteiger partial charge in [0.2, 0.25) is 5.95 Å². The standard InChI is InChI=1S/C19H23N5O4/c1-3-28-19(26)24-11-9-23(10-12-24)18-20-8-7-16(22-18)21-15-6-4-5-14(13-15)17(25)27-2/h4-8,13H,3,9-12H2,1-2H3,(H,20,21,22). The van der Waals surface area contributed by atoms with E-state index in [1.807, 2.05) is 11.0 Å². The largest absolute Gasteiger partial charge is 0.465 e. The Labute approximate surface area is 163 Å². The highest BCUT2D eigenvalue weighted by Crippen LogP contribution is 2.19. The van der Waals surface area contributed by atoms with Gasteiger partial charge in [0.05, 0.1) is 19.3 Å². The summed E-state index contributed by atoms with van der Waals surface area (Å²) in [5, 5.41) is 3.18. The Bertz CT molecular complexity index is 837. The Kier molecular flexibility index (Phi) is 6.25. The lowest BCUT2D eigenvalue weighted by atomic mass is 10.2. The van der Waals surface area contributed by atoms with Crippen molar-refractivity contribution in [2.24, 2.45) is 0 Å². The van der Waals surface area contributed by atoms with Gasteiger partial charge in [0, 0.05) is 38.1 Å². The first-order valence-electron chi connectivity index (χ1n) is 9.06. The van der Waals surface area contributed by atoms with Crippen molar-refractivity contribution in [2.45, 2.75) is 6.92 Å². The Balaban J connectivity index is 1.65. The minimum absolute atomic E-state index is 0.288. The van der Waals surface area contributed by atoms with Gasteiger partial charge in [-0.15, -0.1) is 0 Å². The van der Waals surface area contributed by atoms with Crippen LogP contribution in [0.25, 0.3) is 0 Å². The monoisotopic (exact) mass is 385 g/mol. The number of carbonyl (C=O) groups is 2. The number of hydrogen-bond acceptors (Lipinski definition) is 8. The van der Waals surface area contributed by atoms with E-state index in [0.717, 1.165) is 5.69 Å². The van der Waals surface area contributed by atoms with Crippen molar-refractivity contribution in [1.82, 2.24) is 14.9 Å². The van der Waals surface area contributed by atoms with E-state index in [1.165, 1.54) is 7.11 Å². The second-order valence-electron chi connectivity index (χ2n) is 6.11. The molecule has 2 aromatic rings. The molecule has 3 rings (SSSR count). The third-order valence-corrected chi connectivity index (χ3v) is 4.29. The summed E-state index contributed by atoms with van der Waals surface area (Å²) in [7, 11) is 1.35. The van der Waals surface area contributed by atoms with Crippen molar-refractivity contribution in [3.05, 3.63) is 42.1 Å². The average Bonchev–Trinajstić information content (AvgIpc) is 2.74. The first-order chi connectivity index (χ1) is 13.6. The van der Waals surface area contributed by atoms with Gasteiger partial charge in [0.25, 0.3) is 0 Å². The topological polar surface area (TPSA) is 96.9 Å². The van der Waals surface area contributed by atoms with E-state index in [-0.39, 0.29) is 6.09 Å². The molecule has 0 bridgehead atoms. The van der Waals surface area contributed by atoms with Gasteiger partial charge in [-0.05, 0) is 31.2 Å². The molecule has 0 aliphatic carbocycles. The highest BCUT2D eigenvalue weighted by Gasteiger charge is 2.23. The first-order valence-corrected chi connectivity index (χ1v) is 9.06. The lowest BCUT2D eigenvalue weighted by molar-refractivity contribution is 0.0600. The Morgan fingerprint density at radius 2 is 1.96 bits per heavy atom. The molecular weight excluding hydrogens is 362 g/mol. The molecule has 1 fully saturated rings. The van der Waals surface area contributed by atoms with Crippen LogP contribution in [0.4, 0.5) is 22.2 Å². The smallest absolute Gasteiger partial charge is 0.409 e. The molecule has 0 saturated carbocycles. The minimum atomic E-state index is -0.397. The number of benzene rings is 1. The number of piperazine rings is 1. The van der Waals surface area contributed by atoms with E-state index in [1.54, 1.807) is 42.3 Å². The summed E-state index contributed by atoms with van der Waals surface area (Å²) in [6.07, 6.45) is 1.39. The zero-order chi connectivity index (χ0) is 19.9. The molecule has 1 N–H and O–H groups in total. The van der Waals surface area contributed by atoms with Crippen molar-refractivity contribution in [3.8, 4) is 0 Å². The van der Waals surface area contributed by atoms with Gasteiger partial charge in [-0.1, -0.05) is 6.07 Å². The van der Waals surface area contributed by atoms with Crippen LogP contribution in [0.15, 0.2) is 36.5 Å². The number of nitrogens with zero attached hydrogens (tertiary/aromatic N) is 4. The Morgan fingerprint density at radius 1 is 1.18 bits per heavy atom. The van der Waals surface area contributed by atoms with Crippen LogP contribution in [0, 0.1) is 0 Å². The summed E-state index contributed by atoms with van der Waals surface area (Å²) >= 11 is 0. The predicted molar refractivity (Wildman–Crippen MR) is 104 cm³/mol. The highest BCUT2D eigenvalue weighted by molar-refractivity contribution is 5.90. The van der Waals surface area contributed by atoms with E-state index in [4.69, 9.17) is 9.47 Å². The molecule has 1 amide bonds. The Morgan fingerprint density at radius 3 is 2.68 bits per heavy atom. The van der Waals surface area contributed by atoms with Gasteiger partial charge < -0.3 is 24.6 Å². The SMILES string of the molecule is CCOC(=O)N1CCN(c2nccc(Nc3cccc(C(=O)OC)c3)n2)CC1. The summed E-state index contributed by atoms with van der Waals surface area (Å²) in [4.78, 5) is 36.1. The molecule has 0 radical (unpaired) electrons. The highest BCUT2D eigenvalue weighted by atomic mass is 16.6. The molecule has 1 saturated heterocycles. The number of esters is 1. The number of nitrogens with one attached hydrogen (secondary N) is 1. The van der Waals surface area contributed by atoms with Crippen LogP contribution in [-0.2, 0) is 9.47 Å². The summed E-state index contributed by atoms with van der Waals surface area (Å²) in [6, 6.07) is 8.75. The van der Waals surface area contributed by atoms with Crippen molar-refractivity contribution < 1.29 is 19.1 Å². The lowest BCUT2D eigenvalue weighted by Gasteiger charge is -2.34. The molecule has 9 heteroatoms. The second kappa shape index (κ2) is 9.03. The first kappa shape index (κ1) is 19.4.